The van der Waals surface area contributed by atoms with Crippen molar-refractivity contribution in [2.45, 2.75) is 6.42 Å². The van der Waals surface area contributed by atoms with Crippen LogP contribution in [-0.4, -0.2) is 69.7 Å². The van der Waals surface area contributed by atoms with Crippen LogP contribution in [0.2, 0.25) is 5.02 Å². The molecule has 1 saturated heterocycles. The van der Waals surface area contributed by atoms with E-state index in [4.69, 9.17) is 16.3 Å². The molecule has 0 atom stereocenters. The molecule has 0 aliphatic carbocycles. The average molecular weight is 422 g/mol. The van der Waals surface area contributed by atoms with Crippen LogP contribution in [0.3, 0.4) is 0 Å². The zero-order valence-corrected chi connectivity index (χ0v) is 16.1. The van der Waals surface area contributed by atoms with Crippen LogP contribution in [0.25, 0.3) is 0 Å². The molecule has 1 aromatic carbocycles. The van der Waals surface area contributed by atoms with E-state index in [0.717, 1.165) is 12.1 Å². The van der Waals surface area contributed by atoms with E-state index >= 15 is 0 Å². The number of sulfonamides is 1. The number of ether oxygens (including phenoxy) is 1. The van der Waals surface area contributed by atoms with Crippen molar-refractivity contribution in [2.24, 2.45) is 0 Å². The standard InChI is InChI=1S/C16H21ClFN3O5S/c17-14-11-12(18)1-2-13(14)16(23)20-4-3-15(22)19-5-10-27(24,25)21-6-8-26-9-7-21/h1-2,11H,3-10H2,(H,19,22)(H,20,23). The fourth-order valence-corrected chi connectivity index (χ4v) is 4.00. The zero-order chi connectivity index (χ0) is 19.9. The second-order valence-electron chi connectivity index (χ2n) is 5.81. The third kappa shape index (κ3) is 6.73. The van der Waals surface area contributed by atoms with Crippen molar-refractivity contribution in [1.82, 2.24) is 14.9 Å². The summed E-state index contributed by atoms with van der Waals surface area (Å²) in [6, 6.07) is 3.39. The Morgan fingerprint density at radius 2 is 1.89 bits per heavy atom. The molecule has 0 unspecified atom stereocenters. The molecular formula is C16H21ClFN3O5S. The predicted molar refractivity (Wildman–Crippen MR) is 97.5 cm³/mol. The molecule has 1 heterocycles. The van der Waals surface area contributed by atoms with Gasteiger partial charge < -0.3 is 15.4 Å². The van der Waals surface area contributed by atoms with Gasteiger partial charge in [-0.2, -0.15) is 4.31 Å². The van der Waals surface area contributed by atoms with E-state index in [1.807, 2.05) is 0 Å². The number of carbonyl (C=O) groups excluding carboxylic acids is 2. The summed E-state index contributed by atoms with van der Waals surface area (Å²) in [6.07, 6.45) is -0.0256. The summed E-state index contributed by atoms with van der Waals surface area (Å²) < 4.78 is 43.6. The van der Waals surface area contributed by atoms with Gasteiger partial charge in [-0.05, 0) is 18.2 Å². The number of amides is 2. The van der Waals surface area contributed by atoms with Crippen LogP contribution in [0.5, 0.6) is 0 Å². The van der Waals surface area contributed by atoms with E-state index in [2.05, 4.69) is 10.6 Å². The molecule has 0 aromatic heterocycles. The fourth-order valence-electron chi connectivity index (χ4n) is 2.42. The molecule has 1 fully saturated rings. The molecule has 150 valence electrons. The number of hydrogen-bond acceptors (Lipinski definition) is 5. The number of nitrogens with one attached hydrogen (secondary N) is 2. The first-order valence-electron chi connectivity index (χ1n) is 8.35. The second kappa shape index (κ2) is 9.98. The molecule has 27 heavy (non-hydrogen) atoms. The van der Waals surface area contributed by atoms with Gasteiger partial charge in [0, 0.05) is 32.6 Å². The number of morpholine rings is 1. The van der Waals surface area contributed by atoms with E-state index in [1.165, 1.54) is 10.4 Å². The van der Waals surface area contributed by atoms with E-state index in [9.17, 15) is 22.4 Å². The van der Waals surface area contributed by atoms with Crippen molar-refractivity contribution >= 4 is 33.4 Å². The number of rotatable bonds is 8. The van der Waals surface area contributed by atoms with Crippen molar-refractivity contribution in [2.75, 3.05) is 45.1 Å². The molecule has 0 spiro atoms. The van der Waals surface area contributed by atoms with Crippen LogP contribution in [-0.2, 0) is 19.6 Å². The normalized spacial score (nSPS) is 15.3. The summed E-state index contributed by atoms with van der Waals surface area (Å²) in [7, 11) is -3.43. The highest BCUT2D eigenvalue weighted by Crippen LogP contribution is 2.16. The Bertz CT molecular complexity index is 784. The first-order chi connectivity index (χ1) is 12.8. The van der Waals surface area contributed by atoms with Gasteiger partial charge in [0.05, 0.1) is 29.6 Å². The van der Waals surface area contributed by atoms with Crippen LogP contribution >= 0.6 is 11.6 Å². The van der Waals surface area contributed by atoms with Crippen molar-refractivity contribution in [1.29, 1.82) is 0 Å². The molecule has 8 nitrogen and oxygen atoms in total. The maximum Gasteiger partial charge on any atom is 0.252 e. The molecule has 1 aliphatic rings. The third-order valence-corrected chi connectivity index (χ3v) is 6.04. The van der Waals surface area contributed by atoms with Crippen LogP contribution in [0.1, 0.15) is 16.8 Å². The average Bonchev–Trinajstić information content (AvgIpc) is 2.62. The van der Waals surface area contributed by atoms with Gasteiger partial charge in [-0.25, -0.2) is 12.8 Å². The first-order valence-corrected chi connectivity index (χ1v) is 10.3. The number of benzene rings is 1. The van der Waals surface area contributed by atoms with Gasteiger partial charge in [-0.1, -0.05) is 11.6 Å². The number of hydrogen-bond donors (Lipinski definition) is 2. The SMILES string of the molecule is O=C(CCNC(=O)c1ccc(F)cc1Cl)NCCS(=O)(=O)N1CCOCC1. The molecular weight excluding hydrogens is 401 g/mol. The summed E-state index contributed by atoms with van der Waals surface area (Å²) in [5.41, 5.74) is 0.107. The molecule has 0 saturated carbocycles. The zero-order valence-electron chi connectivity index (χ0n) is 14.5. The summed E-state index contributed by atoms with van der Waals surface area (Å²) in [5, 5.41) is 4.99. The minimum atomic E-state index is -3.43. The maximum absolute atomic E-state index is 13.0. The van der Waals surface area contributed by atoms with Gasteiger partial charge in [-0.15, -0.1) is 0 Å². The fraction of sp³-hybridized carbons (Fsp3) is 0.500. The lowest BCUT2D eigenvalue weighted by molar-refractivity contribution is -0.120. The lowest BCUT2D eigenvalue weighted by Gasteiger charge is -2.26. The quantitative estimate of drug-likeness (QED) is 0.631. The molecule has 2 rings (SSSR count). The Kier molecular flexibility index (Phi) is 7.96. The van der Waals surface area contributed by atoms with Crippen LogP contribution in [0, 0.1) is 5.82 Å². The minimum absolute atomic E-state index is 0.0176. The smallest absolute Gasteiger partial charge is 0.252 e. The molecule has 1 aliphatic heterocycles. The summed E-state index contributed by atoms with van der Waals surface area (Å²) >= 11 is 5.79. The number of carbonyl (C=O) groups is 2. The van der Waals surface area contributed by atoms with Gasteiger partial charge in [-0.3, -0.25) is 9.59 Å². The van der Waals surface area contributed by atoms with Gasteiger partial charge in [0.25, 0.3) is 5.91 Å². The van der Waals surface area contributed by atoms with Crippen LogP contribution < -0.4 is 10.6 Å². The topological polar surface area (TPSA) is 105 Å². The van der Waals surface area contributed by atoms with E-state index < -0.39 is 27.7 Å². The second-order valence-corrected chi connectivity index (χ2v) is 8.30. The Balaban J connectivity index is 1.68. The summed E-state index contributed by atoms with van der Waals surface area (Å²) in [5.74, 6) is -1.67. The molecule has 11 heteroatoms. The van der Waals surface area contributed by atoms with Gasteiger partial charge in [0.2, 0.25) is 15.9 Å². The van der Waals surface area contributed by atoms with Crippen molar-refractivity contribution < 1.29 is 27.1 Å². The van der Waals surface area contributed by atoms with Gasteiger partial charge in [0.1, 0.15) is 5.82 Å². The first kappa shape index (κ1) is 21.5. The van der Waals surface area contributed by atoms with E-state index in [0.29, 0.717) is 26.3 Å². The minimum Gasteiger partial charge on any atom is -0.379 e. The largest absolute Gasteiger partial charge is 0.379 e. The lowest BCUT2D eigenvalue weighted by Crippen LogP contribution is -2.44. The van der Waals surface area contributed by atoms with E-state index in [-0.39, 0.29) is 35.8 Å². The lowest BCUT2D eigenvalue weighted by atomic mass is 10.2. The van der Waals surface area contributed by atoms with Crippen molar-refractivity contribution in [3.05, 3.63) is 34.6 Å². The van der Waals surface area contributed by atoms with Gasteiger partial charge in [0.15, 0.2) is 0 Å². The number of nitrogens with zero attached hydrogens (tertiary/aromatic N) is 1. The van der Waals surface area contributed by atoms with E-state index in [1.54, 1.807) is 0 Å². The summed E-state index contributed by atoms with van der Waals surface area (Å²) in [6.45, 7) is 1.38. The van der Waals surface area contributed by atoms with Gasteiger partial charge >= 0.3 is 0 Å². The summed E-state index contributed by atoms with van der Waals surface area (Å²) in [4.78, 5) is 23.7. The molecule has 2 amide bonds. The van der Waals surface area contributed by atoms with Crippen molar-refractivity contribution in [3.63, 3.8) is 0 Å². The maximum atomic E-state index is 13.0. The molecule has 2 N–H and O–H groups in total. The highest BCUT2D eigenvalue weighted by atomic mass is 35.5. The molecule has 0 bridgehead atoms. The van der Waals surface area contributed by atoms with Crippen LogP contribution in [0.15, 0.2) is 18.2 Å². The predicted octanol–water partition coefficient (Wildman–Crippen LogP) is 0.377. The van der Waals surface area contributed by atoms with Crippen LogP contribution in [0.4, 0.5) is 4.39 Å². The highest BCUT2D eigenvalue weighted by molar-refractivity contribution is 7.89. The Labute approximate surface area is 162 Å². The molecule has 1 aromatic rings. The Morgan fingerprint density at radius 3 is 2.56 bits per heavy atom. The Morgan fingerprint density at radius 1 is 1.19 bits per heavy atom. The van der Waals surface area contributed by atoms with Crippen molar-refractivity contribution in [3.8, 4) is 0 Å². The Hall–Kier alpha value is -1.75. The highest BCUT2D eigenvalue weighted by Gasteiger charge is 2.23. The monoisotopic (exact) mass is 421 g/mol. The molecule has 0 radical (unpaired) electrons. The number of halogens is 2. The third-order valence-electron chi connectivity index (χ3n) is 3.86.